The van der Waals surface area contributed by atoms with Gasteiger partial charge in [-0.3, -0.25) is 9.78 Å². The number of amides is 1. The molecule has 3 rings (SSSR count). The minimum atomic E-state index is -4.69. The maximum Gasteiger partial charge on any atom is 0.417 e. The summed E-state index contributed by atoms with van der Waals surface area (Å²) in [5.74, 6) is -1.16. The lowest BCUT2D eigenvalue weighted by molar-refractivity contribution is -0.138. The summed E-state index contributed by atoms with van der Waals surface area (Å²) >= 11 is 0. The van der Waals surface area contributed by atoms with Crippen molar-refractivity contribution in [2.24, 2.45) is 5.92 Å². The van der Waals surface area contributed by atoms with Crippen LogP contribution in [0.15, 0.2) is 47.5 Å². The van der Waals surface area contributed by atoms with E-state index in [1.807, 2.05) is 0 Å². The van der Waals surface area contributed by atoms with Gasteiger partial charge in [0.2, 0.25) is 0 Å². The highest BCUT2D eigenvalue weighted by atomic mass is 32.2. The van der Waals surface area contributed by atoms with Crippen molar-refractivity contribution in [3.63, 3.8) is 0 Å². The van der Waals surface area contributed by atoms with Crippen LogP contribution in [0.25, 0.3) is 0 Å². The smallest absolute Gasteiger partial charge is 0.348 e. The van der Waals surface area contributed by atoms with Crippen molar-refractivity contribution in [2.45, 2.75) is 54.7 Å². The predicted molar refractivity (Wildman–Crippen MR) is 106 cm³/mol. The van der Waals surface area contributed by atoms with Crippen LogP contribution in [0.5, 0.6) is 0 Å². The van der Waals surface area contributed by atoms with Crippen LogP contribution >= 0.6 is 0 Å². The third kappa shape index (κ3) is 4.99. The van der Waals surface area contributed by atoms with Gasteiger partial charge in [-0.1, -0.05) is 6.07 Å². The highest BCUT2D eigenvalue weighted by Crippen LogP contribution is 2.44. The number of sulfone groups is 1. The summed E-state index contributed by atoms with van der Waals surface area (Å²) in [6, 6.07) is 4.77. The summed E-state index contributed by atoms with van der Waals surface area (Å²) in [6.07, 6.45) is -8.26. The molecule has 1 aromatic heterocycles. The molecule has 0 saturated heterocycles. The van der Waals surface area contributed by atoms with Crippen LogP contribution in [-0.2, 0) is 22.2 Å². The van der Waals surface area contributed by atoms with Gasteiger partial charge in [-0.25, -0.2) is 8.42 Å². The molecule has 0 aliphatic heterocycles. The van der Waals surface area contributed by atoms with Gasteiger partial charge < -0.3 is 5.32 Å². The number of carbonyl (C=O) groups excluding carboxylic acids is 1. The maximum atomic E-state index is 13.1. The van der Waals surface area contributed by atoms with E-state index in [2.05, 4.69) is 10.3 Å². The first-order chi connectivity index (χ1) is 15.0. The van der Waals surface area contributed by atoms with Gasteiger partial charge >= 0.3 is 12.4 Å². The van der Waals surface area contributed by atoms with Gasteiger partial charge in [-0.15, -0.1) is 0 Å². The van der Waals surface area contributed by atoms with Crippen LogP contribution in [0.3, 0.4) is 0 Å². The van der Waals surface area contributed by atoms with Gasteiger partial charge in [0.25, 0.3) is 5.91 Å². The fourth-order valence-corrected chi connectivity index (χ4v) is 5.40. The zero-order chi connectivity index (χ0) is 24.8. The van der Waals surface area contributed by atoms with Crippen molar-refractivity contribution >= 4 is 15.7 Å². The van der Waals surface area contributed by atoms with E-state index in [-0.39, 0.29) is 18.5 Å². The topological polar surface area (TPSA) is 76.1 Å². The molecular weight excluding hydrogens is 474 g/mol. The van der Waals surface area contributed by atoms with Crippen LogP contribution in [0, 0.1) is 5.92 Å². The Morgan fingerprint density at radius 2 is 1.58 bits per heavy atom. The van der Waals surface area contributed by atoms with Gasteiger partial charge in [-0.05, 0) is 62.9 Å². The molecule has 12 heteroatoms. The lowest BCUT2D eigenvalue weighted by Gasteiger charge is -2.44. The van der Waals surface area contributed by atoms with Gasteiger partial charge in [0, 0.05) is 12.2 Å². The highest BCUT2D eigenvalue weighted by Gasteiger charge is 2.49. The minimum Gasteiger partial charge on any atom is -0.348 e. The fraction of sp³-hybridized carbons (Fsp3) is 0.429. The Bertz CT molecular complexity index is 1140. The van der Waals surface area contributed by atoms with Gasteiger partial charge in [0.05, 0.1) is 20.8 Å². The van der Waals surface area contributed by atoms with E-state index in [1.54, 1.807) is 0 Å². The number of halogens is 6. The molecule has 180 valence electrons. The van der Waals surface area contributed by atoms with E-state index in [0.29, 0.717) is 12.3 Å². The van der Waals surface area contributed by atoms with E-state index >= 15 is 0 Å². The SMILES string of the molecule is CC(C)([C@H]1C[C@H](NC(=O)c2ccc(C(F)(F)F)cn2)C1)S(=O)(=O)c1cccc(C(F)(F)F)c1. The second-order valence-corrected chi connectivity index (χ2v) is 10.9. The summed E-state index contributed by atoms with van der Waals surface area (Å²) in [5, 5.41) is 2.59. The van der Waals surface area contributed by atoms with Crippen LogP contribution < -0.4 is 5.32 Å². The van der Waals surface area contributed by atoms with Gasteiger partial charge in [-0.2, -0.15) is 26.3 Å². The number of hydrogen-bond donors (Lipinski definition) is 1. The largest absolute Gasteiger partial charge is 0.417 e. The Balaban J connectivity index is 1.66. The van der Waals surface area contributed by atoms with E-state index in [1.165, 1.54) is 13.8 Å². The van der Waals surface area contributed by atoms with Crippen LogP contribution in [0.2, 0.25) is 0 Å². The standard InChI is InChI=1S/C21H20F6N2O3S/c1-19(2,33(31,32)16-5-3-4-12(10-16)20(22,23)24)14-8-15(9-14)29-18(30)17-7-6-13(11-28-17)21(25,26)27/h3-7,10-11,14-15H,8-9H2,1-2H3,(H,29,30)/t14-,15-. The third-order valence-electron chi connectivity index (χ3n) is 5.94. The second-order valence-electron chi connectivity index (χ2n) is 8.40. The average Bonchev–Trinajstić information content (AvgIpc) is 2.68. The molecule has 0 bridgehead atoms. The number of carbonyl (C=O) groups is 1. The van der Waals surface area contributed by atoms with E-state index in [4.69, 9.17) is 0 Å². The Labute approximate surface area is 186 Å². The van der Waals surface area contributed by atoms with Crippen molar-refractivity contribution in [1.29, 1.82) is 0 Å². The quantitative estimate of drug-likeness (QED) is 0.602. The summed E-state index contributed by atoms with van der Waals surface area (Å²) in [6.45, 7) is 2.84. The van der Waals surface area contributed by atoms with Crippen molar-refractivity contribution in [3.05, 3.63) is 59.4 Å². The molecule has 0 radical (unpaired) electrons. The number of pyridine rings is 1. The summed E-state index contributed by atoms with van der Waals surface area (Å²) in [4.78, 5) is 15.3. The molecule has 33 heavy (non-hydrogen) atoms. The monoisotopic (exact) mass is 494 g/mol. The summed E-state index contributed by atoms with van der Waals surface area (Å²) in [5.41, 5.74) is -2.28. The van der Waals surface area contributed by atoms with Crippen molar-refractivity contribution in [2.75, 3.05) is 0 Å². The van der Waals surface area contributed by atoms with Gasteiger partial charge in [0.15, 0.2) is 9.84 Å². The fourth-order valence-electron chi connectivity index (χ4n) is 3.62. The first kappa shape index (κ1) is 25.0. The Hall–Kier alpha value is -2.63. The molecule has 0 unspecified atom stereocenters. The third-order valence-corrected chi connectivity index (χ3v) is 8.54. The molecule has 1 aliphatic rings. The zero-order valence-electron chi connectivity index (χ0n) is 17.5. The number of alkyl halides is 6. The molecule has 5 nitrogen and oxygen atoms in total. The molecule has 2 aromatic rings. The molecule has 1 aliphatic carbocycles. The normalized spacial score (nSPS) is 19.6. The number of nitrogens with one attached hydrogen (secondary N) is 1. The molecule has 1 amide bonds. The Morgan fingerprint density at radius 3 is 2.09 bits per heavy atom. The van der Waals surface area contributed by atoms with Crippen molar-refractivity contribution < 1.29 is 39.6 Å². The van der Waals surface area contributed by atoms with E-state index in [9.17, 15) is 39.6 Å². The molecule has 0 atom stereocenters. The first-order valence-electron chi connectivity index (χ1n) is 9.79. The maximum absolute atomic E-state index is 13.1. The first-order valence-corrected chi connectivity index (χ1v) is 11.3. The Kier molecular flexibility index (Phi) is 6.29. The summed E-state index contributed by atoms with van der Waals surface area (Å²) in [7, 11) is -4.14. The number of benzene rings is 1. The lowest BCUT2D eigenvalue weighted by Crippen LogP contribution is -2.53. The highest BCUT2D eigenvalue weighted by molar-refractivity contribution is 7.92. The van der Waals surface area contributed by atoms with E-state index < -0.39 is 60.8 Å². The number of aromatic nitrogens is 1. The van der Waals surface area contributed by atoms with Gasteiger partial charge in [0.1, 0.15) is 5.69 Å². The minimum absolute atomic E-state index is 0.220. The molecule has 1 N–H and O–H groups in total. The molecular formula is C21H20F6N2O3S. The van der Waals surface area contributed by atoms with Crippen LogP contribution in [0.1, 0.15) is 48.3 Å². The Morgan fingerprint density at radius 1 is 0.970 bits per heavy atom. The second kappa shape index (κ2) is 8.30. The molecule has 1 heterocycles. The number of nitrogens with zero attached hydrogens (tertiary/aromatic N) is 1. The molecule has 1 saturated carbocycles. The zero-order valence-corrected chi connectivity index (χ0v) is 18.3. The van der Waals surface area contributed by atoms with Crippen molar-refractivity contribution in [1.82, 2.24) is 10.3 Å². The summed E-state index contributed by atoms with van der Waals surface area (Å²) < 4.78 is 102. The van der Waals surface area contributed by atoms with Crippen LogP contribution in [0.4, 0.5) is 26.3 Å². The average molecular weight is 494 g/mol. The van der Waals surface area contributed by atoms with Crippen LogP contribution in [-0.4, -0.2) is 30.1 Å². The number of hydrogen-bond acceptors (Lipinski definition) is 4. The number of rotatable bonds is 5. The molecule has 1 aromatic carbocycles. The molecule has 1 fully saturated rings. The predicted octanol–water partition coefficient (Wildman–Crippen LogP) is 4.88. The lowest BCUT2D eigenvalue weighted by atomic mass is 9.73. The van der Waals surface area contributed by atoms with E-state index in [0.717, 1.165) is 30.3 Å². The molecule has 0 spiro atoms. The van der Waals surface area contributed by atoms with Crippen molar-refractivity contribution in [3.8, 4) is 0 Å².